The highest BCUT2D eigenvalue weighted by atomic mass is 16.5. The van der Waals surface area contributed by atoms with Crippen LogP contribution < -0.4 is 0 Å². The quantitative estimate of drug-likeness (QED) is 0.438. The topological polar surface area (TPSA) is 48.7 Å². The normalized spacial score (nSPS) is 10.1. The van der Waals surface area contributed by atoms with Gasteiger partial charge in [-0.15, -0.1) is 0 Å². The molecular formula is C10H13N3O. The standard InChI is InChI=1S/C10H13N3O/c1-13(10(11)14-2)12-8-9-6-4-3-5-7-9/h3-8,11H,1-2H3/b11-10?,12-8-. The van der Waals surface area contributed by atoms with E-state index in [0.29, 0.717) is 0 Å². The largest absolute Gasteiger partial charge is 0.467 e. The summed E-state index contributed by atoms with van der Waals surface area (Å²) in [6, 6.07) is 9.70. The fourth-order valence-electron chi connectivity index (χ4n) is 0.877. The van der Waals surface area contributed by atoms with Gasteiger partial charge in [0.1, 0.15) is 0 Å². The molecule has 0 aliphatic heterocycles. The van der Waals surface area contributed by atoms with Gasteiger partial charge in [-0.3, -0.25) is 0 Å². The molecule has 0 amide bonds. The average molecular weight is 191 g/mol. The SMILES string of the molecule is COC(=N)N(C)/N=C\c1ccccc1. The molecule has 0 heterocycles. The Morgan fingerprint density at radius 3 is 2.64 bits per heavy atom. The van der Waals surface area contributed by atoms with E-state index < -0.39 is 0 Å². The summed E-state index contributed by atoms with van der Waals surface area (Å²) in [5.74, 6) is 0. The summed E-state index contributed by atoms with van der Waals surface area (Å²) in [4.78, 5) is 0. The minimum absolute atomic E-state index is 0.0113. The molecule has 0 unspecified atom stereocenters. The van der Waals surface area contributed by atoms with Crippen molar-refractivity contribution in [2.75, 3.05) is 14.2 Å². The van der Waals surface area contributed by atoms with Crippen LogP contribution in [0.2, 0.25) is 0 Å². The van der Waals surface area contributed by atoms with Crippen molar-refractivity contribution in [1.82, 2.24) is 5.01 Å². The van der Waals surface area contributed by atoms with Crippen LogP contribution in [-0.2, 0) is 4.74 Å². The molecule has 1 aromatic rings. The maximum absolute atomic E-state index is 7.30. The third-order valence-electron chi connectivity index (χ3n) is 1.67. The highest BCUT2D eigenvalue weighted by Crippen LogP contribution is 1.95. The van der Waals surface area contributed by atoms with Crippen LogP contribution in [0.5, 0.6) is 0 Å². The smallest absolute Gasteiger partial charge is 0.304 e. The number of nitrogens with one attached hydrogen (secondary N) is 1. The zero-order valence-corrected chi connectivity index (χ0v) is 8.27. The Hall–Kier alpha value is -1.84. The Kier molecular flexibility index (Phi) is 3.67. The lowest BCUT2D eigenvalue weighted by atomic mass is 10.2. The number of benzene rings is 1. The minimum Gasteiger partial charge on any atom is -0.467 e. The lowest BCUT2D eigenvalue weighted by Gasteiger charge is -2.10. The van der Waals surface area contributed by atoms with Crippen molar-refractivity contribution >= 4 is 12.2 Å². The molecule has 14 heavy (non-hydrogen) atoms. The van der Waals surface area contributed by atoms with Gasteiger partial charge in [0.25, 0.3) is 0 Å². The van der Waals surface area contributed by atoms with Crippen molar-refractivity contribution in [1.29, 1.82) is 5.41 Å². The average Bonchev–Trinajstić information content (AvgIpc) is 2.26. The predicted molar refractivity (Wildman–Crippen MR) is 56.5 cm³/mol. The van der Waals surface area contributed by atoms with Crippen molar-refractivity contribution in [3.8, 4) is 0 Å². The number of hydrogen-bond donors (Lipinski definition) is 1. The molecule has 0 saturated carbocycles. The third-order valence-corrected chi connectivity index (χ3v) is 1.67. The van der Waals surface area contributed by atoms with E-state index in [2.05, 4.69) is 5.10 Å². The first kappa shape index (κ1) is 10.2. The van der Waals surface area contributed by atoms with Gasteiger partial charge in [0.2, 0.25) is 0 Å². The van der Waals surface area contributed by atoms with Gasteiger partial charge < -0.3 is 4.74 Å². The first-order valence-electron chi connectivity index (χ1n) is 4.19. The second-order valence-electron chi connectivity index (χ2n) is 2.69. The lowest BCUT2D eigenvalue weighted by Crippen LogP contribution is -2.21. The van der Waals surface area contributed by atoms with Crippen LogP contribution in [0, 0.1) is 5.41 Å². The van der Waals surface area contributed by atoms with Gasteiger partial charge in [0, 0.05) is 7.05 Å². The van der Waals surface area contributed by atoms with E-state index >= 15 is 0 Å². The summed E-state index contributed by atoms with van der Waals surface area (Å²) < 4.78 is 4.70. The molecule has 0 bridgehead atoms. The maximum Gasteiger partial charge on any atom is 0.304 e. The van der Waals surface area contributed by atoms with Crippen molar-refractivity contribution in [2.24, 2.45) is 5.10 Å². The van der Waals surface area contributed by atoms with Crippen molar-refractivity contribution in [3.05, 3.63) is 35.9 Å². The molecule has 1 rings (SSSR count). The summed E-state index contributed by atoms with van der Waals surface area (Å²) >= 11 is 0. The van der Waals surface area contributed by atoms with Crippen LogP contribution in [0.25, 0.3) is 0 Å². The van der Waals surface area contributed by atoms with Crippen LogP contribution >= 0.6 is 0 Å². The van der Waals surface area contributed by atoms with E-state index in [0.717, 1.165) is 5.56 Å². The van der Waals surface area contributed by atoms with Crippen LogP contribution in [0.15, 0.2) is 35.4 Å². The number of nitrogens with zero attached hydrogens (tertiary/aromatic N) is 2. The Balaban J connectivity index is 2.60. The molecule has 0 aliphatic rings. The van der Waals surface area contributed by atoms with Gasteiger partial charge in [0.15, 0.2) is 0 Å². The Labute approximate surface area is 83.3 Å². The molecule has 0 spiro atoms. The fraction of sp³-hybridized carbons (Fsp3) is 0.200. The van der Waals surface area contributed by atoms with Crippen molar-refractivity contribution in [2.45, 2.75) is 0 Å². The molecule has 74 valence electrons. The molecule has 0 saturated heterocycles. The number of rotatable bonds is 2. The molecule has 4 nitrogen and oxygen atoms in total. The molecular weight excluding hydrogens is 178 g/mol. The summed E-state index contributed by atoms with van der Waals surface area (Å²) in [5, 5.41) is 12.7. The number of methoxy groups -OCH3 is 1. The second kappa shape index (κ2) is 5.01. The fourth-order valence-corrected chi connectivity index (χ4v) is 0.877. The van der Waals surface area contributed by atoms with Gasteiger partial charge in [-0.2, -0.15) is 5.10 Å². The van der Waals surface area contributed by atoms with Crippen LogP contribution in [-0.4, -0.2) is 31.4 Å². The van der Waals surface area contributed by atoms with E-state index in [4.69, 9.17) is 10.1 Å². The Morgan fingerprint density at radius 2 is 2.07 bits per heavy atom. The predicted octanol–water partition coefficient (Wildman–Crippen LogP) is 1.53. The monoisotopic (exact) mass is 191 g/mol. The van der Waals surface area contributed by atoms with Gasteiger partial charge >= 0.3 is 6.02 Å². The van der Waals surface area contributed by atoms with Crippen LogP contribution in [0.3, 0.4) is 0 Å². The zero-order valence-electron chi connectivity index (χ0n) is 8.27. The Bertz CT molecular complexity index is 321. The number of hydrogen-bond acceptors (Lipinski definition) is 3. The van der Waals surface area contributed by atoms with Gasteiger partial charge in [-0.05, 0) is 5.56 Å². The summed E-state index contributed by atoms with van der Waals surface area (Å²) in [5.41, 5.74) is 0.989. The molecule has 0 fully saturated rings. The van der Waals surface area contributed by atoms with Crippen LogP contribution in [0.4, 0.5) is 0 Å². The number of amidine groups is 1. The van der Waals surface area contributed by atoms with E-state index in [9.17, 15) is 0 Å². The van der Waals surface area contributed by atoms with Crippen molar-refractivity contribution in [3.63, 3.8) is 0 Å². The van der Waals surface area contributed by atoms with E-state index in [1.165, 1.54) is 12.1 Å². The maximum atomic E-state index is 7.30. The molecule has 0 aromatic heterocycles. The molecule has 4 heteroatoms. The lowest BCUT2D eigenvalue weighted by molar-refractivity contribution is 0.311. The van der Waals surface area contributed by atoms with Gasteiger partial charge in [0.05, 0.1) is 13.3 Å². The molecule has 0 atom stereocenters. The highest BCUT2D eigenvalue weighted by molar-refractivity contribution is 5.80. The van der Waals surface area contributed by atoms with Crippen LogP contribution in [0.1, 0.15) is 5.56 Å². The zero-order chi connectivity index (χ0) is 10.4. The van der Waals surface area contributed by atoms with Gasteiger partial charge in [-0.25, -0.2) is 10.4 Å². The molecule has 1 N–H and O–H groups in total. The number of hydrazone groups is 1. The molecule has 0 aliphatic carbocycles. The van der Waals surface area contributed by atoms with Crippen molar-refractivity contribution < 1.29 is 4.74 Å². The highest BCUT2D eigenvalue weighted by Gasteiger charge is 1.98. The van der Waals surface area contributed by atoms with E-state index in [1.54, 1.807) is 13.3 Å². The molecule has 0 radical (unpaired) electrons. The van der Waals surface area contributed by atoms with E-state index in [-0.39, 0.29) is 6.02 Å². The third kappa shape index (κ3) is 2.90. The van der Waals surface area contributed by atoms with Gasteiger partial charge in [-0.1, -0.05) is 30.3 Å². The summed E-state index contributed by atoms with van der Waals surface area (Å²) in [6.45, 7) is 0. The first-order chi connectivity index (χ1) is 6.74. The second-order valence-corrected chi connectivity index (χ2v) is 2.69. The Morgan fingerprint density at radius 1 is 1.43 bits per heavy atom. The number of ether oxygens (including phenoxy) is 1. The van der Waals surface area contributed by atoms with E-state index in [1.807, 2.05) is 30.3 Å². The first-order valence-corrected chi connectivity index (χ1v) is 4.19. The minimum atomic E-state index is 0.0113. The summed E-state index contributed by atoms with van der Waals surface area (Å²) in [7, 11) is 3.10. The summed E-state index contributed by atoms with van der Waals surface area (Å²) in [6.07, 6.45) is 1.67. The molecule has 1 aromatic carbocycles.